The SMILES string of the molecule is COc1ccc(OCC(=O)N(C2CCCCC2)C2CCS(=O)(=O)C2)c(C(N)=O)c1. The molecule has 2 amide bonds. The van der Waals surface area contributed by atoms with Crippen molar-refractivity contribution in [1.29, 1.82) is 0 Å². The minimum Gasteiger partial charge on any atom is -0.497 e. The van der Waals surface area contributed by atoms with Crippen LogP contribution in [0.15, 0.2) is 18.2 Å². The number of carbonyl (C=O) groups excluding carboxylic acids is 2. The van der Waals surface area contributed by atoms with Gasteiger partial charge in [-0.2, -0.15) is 0 Å². The predicted molar refractivity (Wildman–Crippen MR) is 108 cm³/mol. The Hall–Kier alpha value is -2.29. The van der Waals surface area contributed by atoms with E-state index in [4.69, 9.17) is 15.2 Å². The highest BCUT2D eigenvalue weighted by Crippen LogP contribution is 2.29. The number of ether oxygens (including phenoxy) is 2. The molecule has 0 bridgehead atoms. The van der Waals surface area contributed by atoms with Crippen LogP contribution in [-0.4, -0.2) is 62.4 Å². The molecule has 1 aliphatic carbocycles. The molecular formula is C20H28N2O6S. The van der Waals surface area contributed by atoms with Crippen molar-refractivity contribution in [1.82, 2.24) is 4.90 Å². The highest BCUT2D eigenvalue weighted by Gasteiger charge is 2.38. The predicted octanol–water partition coefficient (Wildman–Crippen LogP) is 1.52. The average Bonchev–Trinajstić information content (AvgIpc) is 3.06. The molecular weight excluding hydrogens is 396 g/mol. The minimum absolute atomic E-state index is 0.00428. The van der Waals surface area contributed by atoms with Crippen molar-refractivity contribution in [3.05, 3.63) is 23.8 Å². The molecule has 3 rings (SSSR count). The van der Waals surface area contributed by atoms with E-state index < -0.39 is 15.7 Å². The second-order valence-corrected chi connectivity index (χ2v) is 9.89. The molecule has 2 aliphatic rings. The first-order valence-corrected chi connectivity index (χ1v) is 11.7. The largest absolute Gasteiger partial charge is 0.497 e. The second kappa shape index (κ2) is 9.02. The number of nitrogens with zero attached hydrogens (tertiary/aromatic N) is 1. The number of nitrogens with two attached hydrogens (primary N) is 1. The van der Waals surface area contributed by atoms with E-state index in [1.54, 1.807) is 11.0 Å². The van der Waals surface area contributed by atoms with Gasteiger partial charge in [-0.05, 0) is 37.5 Å². The lowest BCUT2D eigenvalue weighted by atomic mass is 9.93. The van der Waals surface area contributed by atoms with Crippen molar-refractivity contribution in [2.24, 2.45) is 5.73 Å². The van der Waals surface area contributed by atoms with Crippen LogP contribution in [0.4, 0.5) is 0 Å². The molecule has 2 fully saturated rings. The molecule has 1 unspecified atom stereocenters. The Kier molecular flexibility index (Phi) is 6.66. The first kappa shape index (κ1) is 21.4. The summed E-state index contributed by atoms with van der Waals surface area (Å²) >= 11 is 0. The molecule has 8 nitrogen and oxygen atoms in total. The highest BCUT2D eigenvalue weighted by atomic mass is 32.2. The lowest BCUT2D eigenvalue weighted by Gasteiger charge is -2.38. The number of carbonyl (C=O) groups is 2. The zero-order valence-corrected chi connectivity index (χ0v) is 17.4. The van der Waals surface area contributed by atoms with E-state index >= 15 is 0 Å². The van der Waals surface area contributed by atoms with E-state index in [-0.39, 0.29) is 47.4 Å². The molecule has 160 valence electrons. The Morgan fingerprint density at radius 2 is 1.86 bits per heavy atom. The molecule has 1 saturated heterocycles. The van der Waals surface area contributed by atoms with Gasteiger partial charge in [-0.25, -0.2) is 8.42 Å². The summed E-state index contributed by atoms with van der Waals surface area (Å²) < 4.78 is 34.7. The summed E-state index contributed by atoms with van der Waals surface area (Å²) in [5, 5.41) is 0. The van der Waals surface area contributed by atoms with Crippen molar-refractivity contribution < 1.29 is 27.5 Å². The number of hydrogen-bond donors (Lipinski definition) is 1. The van der Waals surface area contributed by atoms with Gasteiger partial charge < -0.3 is 20.1 Å². The summed E-state index contributed by atoms with van der Waals surface area (Å²) in [4.78, 5) is 26.5. The molecule has 2 N–H and O–H groups in total. The maximum atomic E-state index is 13.1. The Bertz CT molecular complexity index is 864. The van der Waals surface area contributed by atoms with Crippen LogP contribution >= 0.6 is 0 Å². The van der Waals surface area contributed by atoms with Crippen LogP contribution in [0.3, 0.4) is 0 Å². The quantitative estimate of drug-likeness (QED) is 0.709. The Morgan fingerprint density at radius 1 is 1.14 bits per heavy atom. The third-order valence-corrected chi connectivity index (χ3v) is 7.41. The molecule has 1 aliphatic heterocycles. The lowest BCUT2D eigenvalue weighted by Crippen LogP contribution is -2.50. The summed E-state index contributed by atoms with van der Waals surface area (Å²) in [5.41, 5.74) is 5.54. The average molecular weight is 425 g/mol. The van der Waals surface area contributed by atoms with Crippen LogP contribution in [-0.2, 0) is 14.6 Å². The van der Waals surface area contributed by atoms with Gasteiger partial charge in [-0.1, -0.05) is 19.3 Å². The molecule has 1 atom stereocenters. The molecule has 0 spiro atoms. The van der Waals surface area contributed by atoms with Gasteiger partial charge in [0, 0.05) is 12.1 Å². The van der Waals surface area contributed by atoms with E-state index in [1.807, 2.05) is 0 Å². The zero-order valence-electron chi connectivity index (χ0n) is 16.6. The summed E-state index contributed by atoms with van der Waals surface area (Å²) in [6, 6.07) is 4.34. The van der Waals surface area contributed by atoms with Crippen LogP contribution < -0.4 is 15.2 Å². The van der Waals surface area contributed by atoms with E-state index in [9.17, 15) is 18.0 Å². The summed E-state index contributed by atoms with van der Waals surface area (Å²) in [7, 11) is -1.64. The lowest BCUT2D eigenvalue weighted by molar-refractivity contribution is -0.138. The molecule has 0 aromatic heterocycles. The topological polar surface area (TPSA) is 116 Å². The molecule has 0 radical (unpaired) electrons. The smallest absolute Gasteiger partial charge is 0.261 e. The molecule has 1 heterocycles. The first-order valence-electron chi connectivity index (χ1n) is 9.93. The summed E-state index contributed by atoms with van der Waals surface area (Å²) in [6.45, 7) is -0.278. The van der Waals surface area contributed by atoms with Crippen molar-refractivity contribution in [2.45, 2.75) is 50.6 Å². The van der Waals surface area contributed by atoms with Crippen LogP contribution in [0, 0.1) is 0 Å². The Balaban J connectivity index is 1.76. The Morgan fingerprint density at radius 3 is 2.45 bits per heavy atom. The molecule has 1 aromatic rings. The van der Waals surface area contributed by atoms with Crippen molar-refractivity contribution in [2.75, 3.05) is 25.2 Å². The standard InChI is InChI=1S/C20H28N2O6S/c1-27-16-7-8-18(17(11-16)20(21)24)28-12-19(23)22(14-5-3-2-4-6-14)15-9-10-29(25,26)13-15/h7-8,11,14-15H,2-6,9-10,12-13H2,1H3,(H2,21,24). The third kappa shape index (κ3) is 5.20. The monoisotopic (exact) mass is 424 g/mol. The maximum absolute atomic E-state index is 13.1. The van der Waals surface area contributed by atoms with Gasteiger partial charge in [0.25, 0.3) is 11.8 Å². The number of sulfone groups is 1. The van der Waals surface area contributed by atoms with Crippen molar-refractivity contribution in [3.63, 3.8) is 0 Å². The normalized spacial score (nSPS) is 21.5. The van der Waals surface area contributed by atoms with E-state index in [2.05, 4.69) is 0 Å². The van der Waals surface area contributed by atoms with Crippen molar-refractivity contribution >= 4 is 21.7 Å². The Labute approximate surface area is 171 Å². The maximum Gasteiger partial charge on any atom is 0.261 e. The molecule has 29 heavy (non-hydrogen) atoms. The third-order valence-electron chi connectivity index (χ3n) is 5.66. The van der Waals surface area contributed by atoms with E-state index in [1.165, 1.54) is 19.2 Å². The number of primary amides is 1. The second-order valence-electron chi connectivity index (χ2n) is 7.66. The fourth-order valence-corrected chi connectivity index (χ4v) is 5.94. The number of methoxy groups -OCH3 is 1. The molecule has 1 aromatic carbocycles. The van der Waals surface area contributed by atoms with Crippen LogP contribution in [0.25, 0.3) is 0 Å². The van der Waals surface area contributed by atoms with Gasteiger partial charge in [0.05, 0.1) is 24.2 Å². The number of hydrogen-bond acceptors (Lipinski definition) is 6. The number of rotatable bonds is 7. The fraction of sp³-hybridized carbons (Fsp3) is 0.600. The first-order chi connectivity index (χ1) is 13.8. The van der Waals surface area contributed by atoms with Gasteiger partial charge in [-0.3, -0.25) is 9.59 Å². The van der Waals surface area contributed by atoms with Gasteiger partial charge >= 0.3 is 0 Å². The van der Waals surface area contributed by atoms with Crippen molar-refractivity contribution in [3.8, 4) is 11.5 Å². The van der Waals surface area contributed by atoms with Gasteiger partial charge in [0.1, 0.15) is 11.5 Å². The van der Waals surface area contributed by atoms with E-state index in [0.29, 0.717) is 12.2 Å². The molecule has 1 saturated carbocycles. The number of benzene rings is 1. The van der Waals surface area contributed by atoms with Crippen LogP contribution in [0.2, 0.25) is 0 Å². The van der Waals surface area contributed by atoms with Gasteiger partial charge in [0.15, 0.2) is 16.4 Å². The zero-order chi connectivity index (χ0) is 21.0. The fourth-order valence-electron chi connectivity index (χ4n) is 4.23. The number of amides is 2. The molecule has 9 heteroatoms. The summed E-state index contributed by atoms with van der Waals surface area (Å²) in [5.74, 6) is -0.168. The van der Waals surface area contributed by atoms with Crippen LogP contribution in [0.1, 0.15) is 48.9 Å². The van der Waals surface area contributed by atoms with Gasteiger partial charge in [-0.15, -0.1) is 0 Å². The minimum atomic E-state index is -3.12. The van der Waals surface area contributed by atoms with Crippen LogP contribution in [0.5, 0.6) is 11.5 Å². The van der Waals surface area contributed by atoms with Gasteiger partial charge in [0.2, 0.25) is 0 Å². The summed E-state index contributed by atoms with van der Waals surface area (Å²) in [6.07, 6.45) is 5.39. The highest BCUT2D eigenvalue weighted by molar-refractivity contribution is 7.91. The van der Waals surface area contributed by atoms with E-state index in [0.717, 1.165) is 32.1 Å².